The van der Waals surface area contributed by atoms with Crippen LogP contribution in [0.4, 0.5) is 10.3 Å². The van der Waals surface area contributed by atoms with Crippen molar-refractivity contribution in [2.24, 2.45) is 0 Å². The van der Waals surface area contributed by atoms with E-state index in [0.29, 0.717) is 5.95 Å². The Kier molecular flexibility index (Phi) is 3.29. The number of aryl methyl sites for hydroxylation is 1. The number of benzene rings is 2. The number of hydrogen-bond donors (Lipinski definition) is 1. The van der Waals surface area contributed by atoms with Crippen molar-refractivity contribution < 1.29 is 4.39 Å². The molecule has 116 valence electrons. The summed E-state index contributed by atoms with van der Waals surface area (Å²) in [6.07, 6.45) is 0.800. The first-order valence-electron chi connectivity index (χ1n) is 7.58. The van der Waals surface area contributed by atoms with Gasteiger partial charge in [-0.15, -0.1) is 0 Å². The monoisotopic (exact) mass is 309 g/mol. The summed E-state index contributed by atoms with van der Waals surface area (Å²) in [7, 11) is 0. The summed E-state index contributed by atoms with van der Waals surface area (Å²) in [5.41, 5.74) is 3.44. The summed E-state index contributed by atoms with van der Waals surface area (Å²) in [5, 5.41) is 15.3. The van der Waals surface area contributed by atoms with Crippen molar-refractivity contribution in [1.29, 1.82) is 0 Å². The summed E-state index contributed by atoms with van der Waals surface area (Å²) in [6.45, 7) is 2.09. The molecule has 2 unspecified atom stereocenters. The molecule has 2 aromatic carbocycles. The zero-order valence-electron chi connectivity index (χ0n) is 12.6. The number of tetrazole rings is 1. The molecule has 23 heavy (non-hydrogen) atoms. The standard InChI is InChI=1S/C17H16FN5/c1-11-4-2-3-5-14(11)16-10-15(12-6-8-13(18)9-7-12)19-17-20-21-22-23(16)17/h2-9,15-16H,10H2,1H3,(H,19,20,22). The van der Waals surface area contributed by atoms with Gasteiger partial charge in [-0.1, -0.05) is 41.5 Å². The Morgan fingerprint density at radius 2 is 1.91 bits per heavy atom. The van der Waals surface area contributed by atoms with E-state index >= 15 is 0 Å². The number of halogens is 1. The maximum Gasteiger partial charge on any atom is 0.243 e. The Balaban J connectivity index is 1.75. The van der Waals surface area contributed by atoms with Crippen molar-refractivity contribution in [3.63, 3.8) is 0 Å². The Labute approximate surface area is 133 Å². The number of hydrogen-bond acceptors (Lipinski definition) is 4. The second kappa shape index (κ2) is 5.46. The fraction of sp³-hybridized carbons (Fsp3) is 0.235. The quantitative estimate of drug-likeness (QED) is 0.789. The highest BCUT2D eigenvalue weighted by Gasteiger charge is 2.31. The molecule has 2 atom stereocenters. The number of nitrogens with one attached hydrogen (secondary N) is 1. The molecule has 0 saturated heterocycles. The lowest BCUT2D eigenvalue weighted by molar-refractivity contribution is 0.422. The molecule has 0 aliphatic carbocycles. The molecule has 0 fully saturated rings. The third kappa shape index (κ3) is 2.46. The van der Waals surface area contributed by atoms with Crippen LogP contribution in [0.5, 0.6) is 0 Å². The van der Waals surface area contributed by atoms with Gasteiger partial charge in [0.2, 0.25) is 5.95 Å². The molecule has 6 heteroatoms. The Morgan fingerprint density at radius 1 is 1.13 bits per heavy atom. The van der Waals surface area contributed by atoms with Gasteiger partial charge in [0.1, 0.15) is 5.82 Å². The van der Waals surface area contributed by atoms with E-state index in [-0.39, 0.29) is 17.9 Å². The van der Waals surface area contributed by atoms with E-state index in [9.17, 15) is 4.39 Å². The summed E-state index contributed by atoms with van der Waals surface area (Å²) in [6, 6.07) is 14.9. The number of fused-ring (bicyclic) bond motifs is 1. The van der Waals surface area contributed by atoms with E-state index in [4.69, 9.17) is 0 Å². The average molecular weight is 309 g/mol. The molecule has 3 aromatic rings. The van der Waals surface area contributed by atoms with Crippen molar-refractivity contribution in [3.8, 4) is 0 Å². The van der Waals surface area contributed by atoms with E-state index in [2.05, 4.69) is 39.9 Å². The smallest absolute Gasteiger partial charge is 0.243 e. The SMILES string of the molecule is Cc1ccccc1C1CC(c2ccc(F)cc2)Nc2nnnn21. The van der Waals surface area contributed by atoms with Gasteiger partial charge >= 0.3 is 0 Å². The molecular formula is C17H16FN5. The normalized spacial score (nSPS) is 19.9. The van der Waals surface area contributed by atoms with Crippen LogP contribution in [0, 0.1) is 12.7 Å². The van der Waals surface area contributed by atoms with Crippen LogP contribution in [-0.4, -0.2) is 20.2 Å². The zero-order chi connectivity index (χ0) is 15.8. The highest BCUT2D eigenvalue weighted by Crippen LogP contribution is 2.37. The number of aromatic nitrogens is 4. The van der Waals surface area contributed by atoms with E-state index in [1.54, 1.807) is 12.1 Å². The molecule has 0 spiro atoms. The second-order valence-corrected chi connectivity index (χ2v) is 5.80. The van der Waals surface area contributed by atoms with Gasteiger partial charge in [0.05, 0.1) is 12.1 Å². The Bertz CT molecular complexity index is 827. The average Bonchev–Trinajstić information content (AvgIpc) is 3.04. The molecule has 1 aromatic heterocycles. The van der Waals surface area contributed by atoms with Crippen molar-refractivity contribution >= 4 is 5.95 Å². The minimum absolute atomic E-state index is 0.0405. The first-order chi connectivity index (χ1) is 11.2. The van der Waals surface area contributed by atoms with Crippen molar-refractivity contribution in [3.05, 3.63) is 71.0 Å². The second-order valence-electron chi connectivity index (χ2n) is 5.80. The van der Waals surface area contributed by atoms with Gasteiger partial charge in [-0.3, -0.25) is 0 Å². The summed E-state index contributed by atoms with van der Waals surface area (Å²) < 4.78 is 15.0. The maximum absolute atomic E-state index is 13.2. The molecule has 1 N–H and O–H groups in total. The van der Waals surface area contributed by atoms with Crippen molar-refractivity contribution in [2.75, 3.05) is 5.32 Å². The van der Waals surface area contributed by atoms with Crippen molar-refractivity contribution in [2.45, 2.75) is 25.4 Å². The molecule has 1 aliphatic rings. The summed E-state index contributed by atoms with van der Waals surface area (Å²) >= 11 is 0. The third-order valence-corrected chi connectivity index (χ3v) is 4.37. The number of nitrogens with zero attached hydrogens (tertiary/aromatic N) is 4. The lowest BCUT2D eigenvalue weighted by atomic mass is 9.91. The van der Waals surface area contributed by atoms with Crippen LogP contribution in [0.25, 0.3) is 0 Å². The van der Waals surface area contributed by atoms with Gasteiger partial charge < -0.3 is 5.32 Å². The van der Waals surface area contributed by atoms with Crippen LogP contribution in [0.15, 0.2) is 48.5 Å². The van der Waals surface area contributed by atoms with Gasteiger partial charge in [-0.2, -0.15) is 0 Å². The van der Waals surface area contributed by atoms with E-state index in [1.165, 1.54) is 23.3 Å². The molecule has 0 radical (unpaired) electrons. The van der Waals surface area contributed by atoms with E-state index in [1.807, 2.05) is 16.8 Å². The topological polar surface area (TPSA) is 55.6 Å². The van der Waals surface area contributed by atoms with Gasteiger partial charge in [0.15, 0.2) is 0 Å². The molecule has 0 bridgehead atoms. The van der Waals surface area contributed by atoms with Crippen LogP contribution in [0.1, 0.15) is 35.2 Å². The molecule has 2 heterocycles. The molecule has 1 aliphatic heterocycles. The number of rotatable bonds is 2. The van der Waals surface area contributed by atoms with Crippen molar-refractivity contribution in [1.82, 2.24) is 20.2 Å². The van der Waals surface area contributed by atoms with Crippen LogP contribution in [-0.2, 0) is 0 Å². The highest BCUT2D eigenvalue weighted by atomic mass is 19.1. The van der Waals surface area contributed by atoms with E-state index in [0.717, 1.165) is 12.0 Å². The lowest BCUT2D eigenvalue weighted by Crippen LogP contribution is -2.28. The molecule has 0 amide bonds. The Morgan fingerprint density at radius 3 is 2.70 bits per heavy atom. The molecule has 4 rings (SSSR count). The predicted molar refractivity (Wildman–Crippen MR) is 84.5 cm³/mol. The lowest BCUT2D eigenvalue weighted by Gasteiger charge is -2.31. The highest BCUT2D eigenvalue weighted by molar-refractivity contribution is 5.39. The first-order valence-corrected chi connectivity index (χ1v) is 7.58. The first kappa shape index (κ1) is 13.9. The third-order valence-electron chi connectivity index (χ3n) is 4.37. The predicted octanol–water partition coefficient (Wildman–Crippen LogP) is 3.27. The fourth-order valence-electron chi connectivity index (χ4n) is 3.17. The van der Waals surface area contributed by atoms with Crippen LogP contribution in [0.3, 0.4) is 0 Å². The van der Waals surface area contributed by atoms with E-state index < -0.39 is 0 Å². The van der Waals surface area contributed by atoms with Gasteiger partial charge in [0, 0.05) is 0 Å². The minimum atomic E-state index is -0.232. The molecule has 5 nitrogen and oxygen atoms in total. The summed E-state index contributed by atoms with van der Waals surface area (Å²) in [5.74, 6) is 0.406. The minimum Gasteiger partial charge on any atom is -0.346 e. The maximum atomic E-state index is 13.2. The van der Waals surface area contributed by atoms with Gasteiger partial charge in [-0.25, -0.2) is 9.07 Å². The van der Waals surface area contributed by atoms with Gasteiger partial charge in [0.25, 0.3) is 0 Å². The largest absolute Gasteiger partial charge is 0.346 e. The van der Waals surface area contributed by atoms with Crippen LogP contribution >= 0.6 is 0 Å². The number of anilines is 1. The molecular weight excluding hydrogens is 293 g/mol. The van der Waals surface area contributed by atoms with Crippen LogP contribution in [0.2, 0.25) is 0 Å². The zero-order valence-corrected chi connectivity index (χ0v) is 12.6. The Hall–Kier alpha value is -2.76. The fourth-order valence-corrected chi connectivity index (χ4v) is 3.17. The molecule has 0 saturated carbocycles. The summed E-state index contributed by atoms with van der Waals surface area (Å²) in [4.78, 5) is 0. The van der Waals surface area contributed by atoms with Crippen LogP contribution < -0.4 is 5.32 Å². The van der Waals surface area contributed by atoms with Gasteiger partial charge in [-0.05, 0) is 52.6 Å².